The van der Waals surface area contributed by atoms with Gasteiger partial charge < -0.3 is 19.7 Å². The number of thiazole rings is 1. The summed E-state index contributed by atoms with van der Waals surface area (Å²) in [6.07, 6.45) is 2.22. The van der Waals surface area contributed by atoms with E-state index in [4.69, 9.17) is 26.7 Å². The van der Waals surface area contributed by atoms with Crippen LogP contribution in [0.1, 0.15) is 29.5 Å². The van der Waals surface area contributed by atoms with E-state index in [9.17, 15) is 0 Å². The summed E-state index contributed by atoms with van der Waals surface area (Å²) in [6, 6.07) is 14.6. The molecule has 1 N–H and O–H groups in total. The summed E-state index contributed by atoms with van der Waals surface area (Å²) in [6.45, 7) is 1.92. The Kier molecular flexibility index (Phi) is 4.33. The lowest BCUT2D eigenvalue weighted by molar-refractivity contribution is 0.174. The van der Waals surface area contributed by atoms with E-state index in [0.717, 1.165) is 52.1 Å². The molecule has 1 aromatic heterocycles. The van der Waals surface area contributed by atoms with Gasteiger partial charge >= 0.3 is 0 Å². The lowest BCUT2D eigenvalue weighted by Gasteiger charge is -2.26. The summed E-state index contributed by atoms with van der Waals surface area (Å²) in [4.78, 5) is 7.12. The van der Waals surface area contributed by atoms with Crippen LogP contribution in [-0.4, -0.2) is 28.3 Å². The van der Waals surface area contributed by atoms with Crippen LogP contribution >= 0.6 is 23.6 Å². The van der Waals surface area contributed by atoms with Crippen molar-refractivity contribution < 1.29 is 9.47 Å². The van der Waals surface area contributed by atoms with Gasteiger partial charge in [-0.25, -0.2) is 4.98 Å². The van der Waals surface area contributed by atoms with E-state index in [0.29, 0.717) is 13.3 Å². The molecule has 3 aromatic rings. The third-order valence-corrected chi connectivity index (χ3v) is 6.51. The van der Waals surface area contributed by atoms with Gasteiger partial charge in [-0.2, -0.15) is 0 Å². The molecule has 0 unspecified atom stereocenters. The first-order valence-corrected chi connectivity index (χ1v) is 10.3. The number of nitrogens with zero attached hydrogens (tertiary/aromatic N) is 2. The number of hydrogen-bond donors (Lipinski definition) is 1. The fourth-order valence-electron chi connectivity index (χ4n) is 3.63. The van der Waals surface area contributed by atoms with E-state index in [1.165, 1.54) is 4.70 Å². The molecule has 2 aromatic carbocycles. The average Bonchev–Trinajstić information content (AvgIpc) is 3.43. The van der Waals surface area contributed by atoms with Crippen molar-refractivity contribution in [1.29, 1.82) is 0 Å². The molecule has 1 saturated heterocycles. The molecular weight excluding hydrogens is 378 g/mol. The van der Waals surface area contributed by atoms with Crippen molar-refractivity contribution in [3.05, 3.63) is 53.0 Å². The number of hydrogen-bond acceptors (Lipinski definition) is 5. The Morgan fingerprint density at radius 1 is 1.22 bits per heavy atom. The summed E-state index contributed by atoms with van der Waals surface area (Å²) in [5.74, 6) is 1.60. The van der Waals surface area contributed by atoms with Crippen LogP contribution in [0.4, 0.5) is 0 Å². The molecule has 3 heterocycles. The topological polar surface area (TPSA) is 46.6 Å². The number of rotatable bonds is 3. The van der Waals surface area contributed by atoms with Crippen molar-refractivity contribution in [2.45, 2.75) is 25.4 Å². The van der Waals surface area contributed by atoms with Crippen molar-refractivity contribution in [2.75, 3.05) is 13.3 Å². The second-order valence-corrected chi connectivity index (χ2v) is 8.17. The van der Waals surface area contributed by atoms with Gasteiger partial charge in [0.15, 0.2) is 16.6 Å². The van der Waals surface area contributed by atoms with Crippen LogP contribution in [0, 0.1) is 0 Å². The molecular formula is C20H19N3O2S2. The Bertz CT molecular complexity index is 971. The van der Waals surface area contributed by atoms with Crippen molar-refractivity contribution in [1.82, 2.24) is 15.2 Å². The first-order chi connectivity index (χ1) is 13.3. The quantitative estimate of drug-likeness (QED) is 0.667. The molecule has 2 aliphatic heterocycles. The zero-order valence-electron chi connectivity index (χ0n) is 14.7. The average molecular weight is 398 g/mol. The zero-order valence-corrected chi connectivity index (χ0v) is 16.3. The molecule has 0 saturated carbocycles. The first-order valence-electron chi connectivity index (χ1n) is 9.06. The molecule has 1 fully saturated rings. The van der Waals surface area contributed by atoms with Gasteiger partial charge in [0.2, 0.25) is 6.79 Å². The second kappa shape index (κ2) is 6.98. The van der Waals surface area contributed by atoms with Gasteiger partial charge in [-0.1, -0.05) is 18.2 Å². The molecule has 7 heteroatoms. The summed E-state index contributed by atoms with van der Waals surface area (Å²) < 4.78 is 12.0. The van der Waals surface area contributed by atoms with Crippen LogP contribution in [0.5, 0.6) is 11.5 Å². The van der Waals surface area contributed by atoms with Crippen molar-refractivity contribution in [2.24, 2.45) is 0 Å². The van der Waals surface area contributed by atoms with Gasteiger partial charge in [-0.3, -0.25) is 0 Å². The largest absolute Gasteiger partial charge is 0.454 e. The number of nitrogens with one attached hydrogen (secondary N) is 1. The molecule has 5 rings (SSSR count). The molecule has 5 nitrogen and oxygen atoms in total. The summed E-state index contributed by atoms with van der Waals surface area (Å²) in [5, 5.41) is 5.34. The lowest BCUT2D eigenvalue weighted by atomic mass is 10.2. The first kappa shape index (κ1) is 16.8. The predicted molar refractivity (Wildman–Crippen MR) is 110 cm³/mol. The van der Waals surface area contributed by atoms with Gasteiger partial charge in [0, 0.05) is 13.1 Å². The highest BCUT2D eigenvalue weighted by molar-refractivity contribution is 7.80. The van der Waals surface area contributed by atoms with E-state index >= 15 is 0 Å². The smallest absolute Gasteiger partial charge is 0.231 e. The summed E-state index contributed by atoms with van der Waals surface area (Å²) in [5.41, 5.74) is 2.20. The van der Waals surface area contributed by atoms with Crippen molar-refractivity contribution in [3.63, 3.8) is 0 Å². The van der Waals surface area contributed by atoms with Crippen LogP contribution < -0.4 is 14.8 Å². The number of para-hydroxylation sites is 1. The predicted octanol–water partition coefficient (Wildman–Crippen LogP) is 4.24. The second-order valence-electron chi connectivity index (χ2n) is 6.72. The number of ether oxygens (including phenoxy) is 2. The van der Waals surface area contributed by atoms with Gasteiger partial charge in [-0.05, 0) is 54.9 Å². The van der Waals surface area contributed by atoms with Crippen LogP contribution in [-0.2, 0) is 6.54 Å². The van der Waals surface area contributed by atoms with E-state index in [1.807, 2.05) is 24.3 Å². The number of likely N-dealkylation sites (tertiary alicyclic amines) is 1. The molecule has 27 heavy (non-hydrogen) atoms. The van der Waals surface area contributed by atoms with E-state index in [1.54, 1.807) is 11.3 Å². The fraction of sp³-hybridized carbons (Fsp3) is 0.300. The van der Waals surface area contributed by atoms with Crippen LogP contribution in [0.2, 0.25) is 0 Å². The highest BCUT2D eigenvalue weighted by Gasteiger charge is 2.30. The minimum atomic E-state index is 0.263. The Balaban J connectivity index is 1.29. The van der Waals surface area contributed by atoms with E-state index in [-0.39, 0.29) is 6.04 Å². The molecule has 0 bridgehead atoms. The van der Waals surface area contributed by atoms with E-state index < -0.39 is 0 Å². The Labute approximate surface area is 166 Å². The maximum absolute atomic E-state index is 5.71. The van der Waals surface area contributed by atoms with Gasteiger partial charge in [0.05, 0.1) is 16.3 Å². The minimum absolute atomic E-state index is 0.263. The van der Waals surface area contributed by atoms with Crippen molar-refractivity contribution >= 4 is 38.9 Å². The fourth-order valence-corrected chi connectivity index (χ4v) is 5.04. The number of benzene rings is 2. The van der Waals surface area contributed by atoms with Gasteiger partial charge in [0.1, 0.15) is 5.01 Å². The zero-order chi connectivity index (χ0) is 18.2. The van der Waals surface area contributed by atoms with Crippen LogP contribution in [0.25, 0.3) is 10.2 Å². The number of fused-ring (bicyclic) bond motifs is 2. The van der Waals surface area contributed by atoms with E-state index in [2.05, 4.69) is 28.4 Å². The summed E-state index contributed by atoms with van der Waals surface area (Å²) >= 11 is 7.48. The molecule has 0 radical (unpaired) electrons. The molecule has 0 amide bonds. The van der Waals surface area contributed by atoms with Crippen molar-refractivity contribution in [3.8, 4) is 11.5 Å². The molecule has 0 aliphatic carbocycles. The van der Waals surface area contributed by atoms with Crippen LogP contribution in [0.3, 0.4) is 0 Å². The number of thiocarbonyl (C=S) groups is 1. The maximum Gasteiger partial charge on any atom is 0.231 e. The summed E-state index contributed by atoms with van der Waals surface area (Å²) in [7, 11) is 0. The SMILES string of the molecule is S=C(NCc1ccc2c(c1)OCO2)N1CCC[C@H]1c1nc2ccccc2s1. The molecule has 2 aliphatic rings. The third kappa shape index (κ3) is 3.21. The standard InChI is InChI=1S/C20H19N3O2S2/c26-20(21-11-13-7-8-16-17(10-13)25-12-24-16)23-9-3-5-15(23)19-22-14-4-1-2-6-18(14)27-19/h1-2,4,6-8,10,15H,3,5,9,11-12H2,(H,21,26)/t15-/m0/s1. The van der Waals surface area contributed by atoms with Gasteiger partial charge in [-0.15, -0.1) is 11.3 Å². The highest BCUT2D eigenvalue weighted by atomic mass is 32.1. The maximum atomic E-state index is 5.71. The Morgan fingerprint density at radius 3 is 3.04 bits per heavy atom. The minimum Gasteiger partial charge on any atom is -0.454 e. The van der Waals surface area contributed by atoms with Gasteiger partial charge in [0.25, 0.3) is 0 Å². The Morgan fingerprint density at radius 2 is 2.11 bits per heavy atom. The monoisotopic (exact) mass is 397 g/mol. The molecule has 1 atom stereocenters. The normalized spacial score (nSPS) is 18.2. The highest BCUT2D eigenvalue weighted by Crippen LogP contribution is 2.36. The van der Waals surface area contributed by atoms with Crippen LogP contribution in [0.15, 0.2) is 42.5 Å². The molecule has 0 spiro atoms. The lowest BCUT2D eigenvalue weighted by Crippen LogP contribution is -2.38. The molecule has 138 valence electrons. The number of aromatic nitrogens is 1. The third-order valence-electron chi connectivity index (χ3n) is 4.99. The Hall–Kier alpha value is -2.38.